The number of carbonyl (C=O) groups is 1. The first-order chi connectivity index (χ1) is 11.6. The number of anilines is 1. The molecule has 3 rings (SSSR count). The third-order valence-corrected chi connectivity index (χ3v) is 4.09. The average molecular weight is 353 g/mol. The van der Waals surface area contributed by atoms with Crippen LogP contribution in [0.15, 0.2) is 28.8 Å². The highest BCUT2D eigenvalue weighted by Gasteiger charge is 2.36. The molecular formula is C17H18F3N3O2. The van der Waals surface area contributed by atoms with E-state index in [4.69, 9.17) is 4.52 Å². The molecule has 0 bridgehead atoms. The first-order valence-electron chi connectivity index (χ1n) is 7.87. The molecule has 1 fully saturated rings. The molecule has 0 spiro atoms. The lowest BCUT2D eigenvalue weighted by atomic mass is 9.96. The Morgan fingerprint density at radius 1 is 1.16 bits per heavy atom. The van der Waals surface area contributed by atoms with Crippen LogP contribution in [0.2, 0.25) is 0 Å². The predicted molar refractivity (Wildman–Crippen MR) is 84.2 cm³/mol. The summed E-state index contributed by atoms with van der Waals surface area (Å²) in [6.07, 6.45) is -4.21. The van der Waals surface area contributed by atoms with Gasteiger partial charge in [-0.2, -0.15) is 18.2 Å². The summed E-state index contributed by atoms with van der Waals surface area (Å²) in [5.41, 5.74) is -0.584. The zero-order valence-electron chi connectivity index (χ0n) is 14.1. The number of nitrogens with zero attached hydrogens (tertiary/aromatic N) is 3. The minimum absolute atomic E-state index is 0.180. The Bertz CT molecular complexity index is 776. The molecule has 1 amide bonds. The molecule has 134 valence electrons. The summed E-state index contributed by atoms with van der Waals surface area (Å²) in [6, 6.07) is 4.55. The molecule has 2 aromatic rings. The normalized spacial score (nSPS) is 18.9. The lowest BCUT2D eigenvalue weighted by molar-refractivity contribution is -0.137. The van der Waals surface area contributed by atoms with Crippen LogP contribution in [0.1, 0.15) is 50.4 Å². The summed E-state index contributed by atoms with van der Waals surface area (Å²) in [6.45, 7) is 6.16. The molecule has 1 atom stereocenters. The van der Waals surface area contributed by atoms with Crippen LogP contribution >= 0.6 is 0 Å². The van der Waals surface area contributed by atoms with E-state index in [-0.39, 0.29) is 23.7 Å². The van der Waals surface area contributed by atoms with Crippen molar-refractivity contribution in [1.29, 1.82) is 0 Å². The Labute approximate surface area is 142 Å². The first kappa shape index (κ1) is 17.4. The van der Waals surface area contributed by atoms with E-state index in [2.05, 4.69) is 10.1 Å². The SMILES string of the molecule is CC(C)(C)c1noc(C2CC(=O)N(c3ccc(C(F)(F)F)cc3)C2)n1. The van der Waals surface area contributed by atoms with Crippen molar-refractivity contribution in [3.05, 3.63) is 41.5 Å². The molecular weight excluding hydrogens is 335 g/mol. The highest BCUT2D eigenvalue weighted by molar-refractivity contribution is 5.96. The number of halogens is 3. The van der Waals surface area contributed by atoms with Crippen molar-refractivity contribution >= 4 is 11.6 Å². The van der Waals surface area contributed by atoms with Gasteiger partial charge in [-0.15, -0.1) is 0 Å². The Morgan fingerprint density at radius 2 is 1.80 bits per heavy atom. The summed E-state index contributed by atoms with van der Waals surface area (Å²) in [5.74, 6) is 0.495. The summed E-state index contributed by atoms with van der Waals surface area (Å²) in [5, 5.41) is 3.95. The Balaban J connectivity index is 1.78. The predicted octanol–water partition coefficient (Wildman–Crippen LogP) is 3.91. The van der Waals surface area contributed by atoms with Gasteiger partial charge in [0.15, 0.2) is 5.82 Å². The monoisotopic (exact) mass is 353 g/mol. The van der Waals surface area contributed by atoms with E-state index < -0.39 is 11.7 Å². The maximum Gasteiger partial charge on any atom is 0.416 e. The number of alkyl halides is 3. The molecule has 0 aliphatic carbocycles. The largest absolute Gasteiger partial charge is 0.416 e. The molecule has 1 unspecified atom stereocenters. The van der Waals surface area contributed by atoms with E-state index in [9.17, 15) is 18.0 Å². The number of amides is 1. The van der Waals surface area contributed by atoms with Crippen molar-refractivity contribution < 1.29 is 22.5 Å². The zero-order valence-corrected chi connectivity index (χ0v) is 14.1. The highest BCUT2D eigenvalue weighted by atomic mass is 19.4. The van der Waals surface area contributed by atoms with Gasteiger partial charge >= 0.3 is 6.18 Å². The fourth-order valence-corrected chi connectivity index (χ4v) is 2.66. The van der Waals surface area contributed by atoms with Crippen LogP contribution in [-0.2, 0) is 16.4 Å². The maximum absolute atomic E-state index is 12.6. The molecule has 1 aliphatic heterocycles. The van der Waals surface area contributed by atoms with Crippen molar-refractivity contribution in [3.63, 3.8) is 0 Å². The molecule has 0 saturated carbocycles. The minimum atomic E-state index is -4.40. The second-order valence-electron chi connectivity index (χ2n) is 7.16. The lowest BCUT2D eigenvalue weighted by Crippen LogP contribution is -2.24. The number of hydrogen-bond donors (Lipinski definition) is 0. The van der Waals surface area contributed by atoms with Gasteiger partial charge in [-0.25, -0.2) is 0 Å². The van der Waals surface area contributed by atoms with Gasteiger partial charge in [0.25, 0.3) is 0 Å². The van der Waals surface area contributed by atoms with Crippen LogP contribution in [0, 0.1) is 0 Å². The zero-order chi connectivity index (χ0) is 18.4. The summed E-state index contributed by atoms with van der Waals surface area (Å²) >= 11 is 0. The van der Waals surface area contributed by atoms with Crippen molar-refractivity contribution in [3.8, 4) is 0 Å². The highest BCUT2D eigenvalue weighted by Crippen LogP contribution is 2.34. The van der Waals surface area contributed by atoms with Gasteiger partial charge in [-0.3, -0.25) is 4.79 Å². The quantitative estimate of drug-likeness (QED) is 0.821. The molecule has 5 nitrogen and oxygen atoms in total. The first-order valence-corrected chi connectivity index (χ1v) is 7.87. The second-order valence-corrected chi connectivity index (χ2v) is 7.16. The molecule has 0 N–H and O–H groups in total. The van der Waals surface area contributed by atoms with Crippen LogP contribution in [0.5, 0.6) is 0 Å². The summed E-state index contributed by atoms with van der Waals surface area (Å²) < 4.78 is 43.2. The Morgan fingerprint density at radius 3 is 2.32 bits per heavy atom. The van der Waals surface area contributed by atoms with Gasteiger partial charge in [0.1, 0.15) is 0 Å². The molecule has 25 heavy (non-hydrogen) atoms. The molecule has 8 heteroatoms. The van der Waals surface area contributed by atoms with Crippen LogP contribution in [0.3, 0.4) is 0 Å². The van der Waals surface area contributed by atoms with Gasteiger partial charge in [-0.1, -0.05) is 25.9 Å². The van der Waals surface area contributed by atoms with Gasteiger partial charge in [0, 0.05) is 24.1 Å². The van der Waals surface area contributed by atoms with E-state index in [1.807, 2.05) is 20.8 Å². The van der Waals surface area contributed by atoms with Crippen molar-refractivity contribution in [2.24, 2.45) is 0 Å². The van der Waals surface area contributed by atoms with Crippen molar-refractivity contribution in [2.75, 3.05) is 11.4 Å². The maximum atomic E-state index is 12.6. The molecule has 1 saturated heterocycles. The molecule has 2 heterocycles. The number of benzene rings is 1. The number of carbonyl (C=O) groups excluding carboxylic acids is 1. The van der Waals surface area contributed by atoms with Gasteiger partial charge < -0.3 is 9.42 Å². The smallest absolute Gasteiger partial charge is 0.339 e. The van der Waals surface area contributed by atoms with Crippen molar-refractivity contribution in [2.45, 2.75) is 44.7 Å². The average Bonchev–Trinajstić information content (AvgIpc) is 3.12. The van der Waals surface area contributed by atoms with E-state index in [0.29, 0.717) is 23.9 Å². The van der Waals surface area contributed by atoms with Crippen LogP contribution in [0.4, 0.5) is 18.9 Å². The second kappa shape index (κ2) is 5.86. The van der Waals surface area contributed by atoms with Crippen LogP contribution in [0.25, 0.3) is 0 Å². The summed E-state index contributed by atoms with van der Waals surface area (Å²) in [7, 11) is 0. The topological polar surface area (TPSA) is 59.2 Å². The van der Waals surface area contributed by atoms with Crippen molar-refractivity contribution in [1.82, 2.24) is 10.1 Å². The van der Waals surface area contributed by atoms with Crippen LogP contribution < -0.4 is 4.90 Å². The fourth-order valence-electron chi connectivity index (χ4n) is 2.66. The minimum Gasteiger partial charge on any atom is -0.339 e. The van der Waals surface area contributed by atoms with E-state index >= 15 is 0 Å². The Hall–Kier alpha value is -2.38. The van der Waals surface area contributed by atoms with Gasteiger partial charge in [-0.05, 0) is 24.3 Å². The number of rotatable bonds is 2. The Kier molecular flexibility index (Phi) is 4.09. The van der Waals surface area contributed by atoms with Gasteiger partial charge in [0.05, 0.1) is 11.5 Å². The fraction of sp³-hybridized carbons (Fsp3) is 0.471. The third-order valence-electron chi connectivity index (χ3n) is 4.09. The molecule has 1 aromatic carbocycles. The molecule has 1 aromatic heterocycles. The van der Waals surface area contributed by atoms with E-state index in [1.54, 1.807) is 0 Å². The van der Waals surface area contributed by atoms with E-state index in [0.717, 1.165) is 12.1 Å². The third kappa shape index (κ3) is 3.52. The number of aromatic nitrogens is 2. The number of hydrogen-bond acceptors (Lipinski definition) is 4. The van der Waals surface area contributed by atoms with Gasteiger partial charge in [0.2, 0.25) is 11.8 Å². The molecule has 1 aliphatic rings. The van der Waals surface area contributed by atoms with E-state index in [1.165, 1.54) is 17.0 Å². The summed E-state index contributed by atoms with van der Waals surface area (Å²) in [4.78, 5) is 18.1. The molecule has 0 radical (unpaired) electrons. The standard InChI is InChI=1S/C17H18F3N3O2/c1-16(2,3)15-21-14(25-22-15)10-8-13(24)23(9-10)12-6-4-11(5-7-12)17(18,19)20/h4-7,10H,8-9H2,1-3H3. The van der Waals surface area contributed by atoms with Crippen LogP contribution in [-0.4, -0.2) is 22.6 Å². The lowest BCUT2D eigenvalue weighted by Gasteiger charge is -2.17.